The van der Waals surface area contributed by atoms with E-state index in [2.05, 4.69) is 35.1 Å². The van der Waals surface area contributed by atoms with E-state index in [1.807, 2.05) is 0 Å². The molecule has 0 fully saturated rings. The Morgan fingerprint density at radius 1 is 1.47 bits per heavy atom. The number of hydrogen-bond acceptors (Lipinski definition) is 1. The molecule has 0 spiro atoms. The molecule has 0 bridgehead atoms. The molecular weight excluding hydrogens is 280 g/mol. The van der Waals surface area contributed by atoms with Gasteiger partial charge in [0.2, 0.25) is 0 Å². The predicted octanol–water partition coefficient (Wildman–Crippen LogP) is 3.99. The van der Waals surface area contributed by atoms with Crippen LogP contribution in [-0.4, -0.2) is 6.54 Å². The van der Waals surface area contributed by atoms with Crippen LogP contribution in [0.1, 0.15) is 19.4 Å². The highest BCUT2D eigenvalue weighted by Crippen LogP contribution is 2.27. The van der Waals surface area contributed by atoms with E-state index >= 15 is 0 Å². The predicted molar refractivity (Wildman–Crippen MR) is 65.7 cm³/mol. The zero-order valence-corrected chi connectivity index (χ0v) is 11.1. The molecule has 1 rings (SSSR count). The highest BCUT2D eigenvalue weighted by atomic mass is 79.9. The Labute approximate surface area is 103 Å². The third kappa shape index (κ3) is 3.74. The second-order valence-electron chi connectivity index (χ2n) is 3.86. The molecule has 15 heavy (non-hydrogen) atoms. The molecule has 0 aliphatic rings. The van der Waals surface area contributed by atoms with Crippen molar-refractivity contribution in [1.82, 2.24) is 5.32 Å². The zero-order chi connectivity index (χ0) is 11.4. The van der Waals surface area contributed by atoms with Crippen LogP contribution in [0.3, 0.4) is 0 Å². The van der Waals surface area contributed by atoms with E-state index in [4.69, 9.17) is 11.6 Å². The van der Waals surface area contributed by atoms with Crippen LogP contribution in [-0.2, 0) is 6.54 Å². The van der Waals surface area contributed by atoms with Crippen molar-refractivity contribution in [2.75, 3.05) is 6.54 Å². The molecule has 84 valence electrons. The molecule has 1 aromatic rings. The van der Waals surface area contributed by atoms with Crippen molar-refractivity contribution >= 4 is 27.5 Å². The minimum absolute atomic E-state index is 0.152. The summed E-state index contributed by atoms with van der Waals surface area (Å²) in [5.74, 6) is 0.210. The summed E-state index contributed by atoms with van der Waals surface area (Å²) in [5.41, 5.74) is 0.601. The standard InChI is InChI=1S/C11H14BrClFN/c1-7(2)5-15-6-8-3-4-9(12)10(13)11(8)14/h3-4,7,15H,5-6H2,1-2H3. The average Bonchev–Trinajstić information content (AvgIpc) is 2.18. The Morgan fingerprint density at radius 2 is 2.13 bits per heavy atom. The van der Waals surface area contributed by atoms with Crippen molar-refractivity contribution in [2.24, 2.45) is 5.92 Å². The lowest BCUT2D eigenvalue weighted by atomic mass is 10.2. The monoisotopic (exact) mass is 293 g/mol. The molecular formula is C11H14BrClFN. The van der Waals surface area contributed by atoms with Crippen LogP contribution < -0.4 is 5.32 Å². The smallest absolute Gasteiger partial charge is 0.147 e. The molecule has 4 heteroatoms. The van der Waals surface area contributed by atoms with Crippen LogP contribution >= 0.6 is 27.5 Å². The van der Waals surface area contributed by atoms with Gasteiger partial charge in [-0.1, -0.05) is 31.5 Å². The molecule has 0 aromatic heterocycles. The molecule has 1 N–H and O–H groups in total. The number of hydrogen-bond donors (Lipinski definition) is 1. The number of benzene rings is 1. The summed E-state index contributed by atoms with van der Waals surface area (Å²) in [7, 11) is 0. The van der Waals surface area contributed by atoms with Crippen molar-refractivity contribution in [1.29, 1.82) is 0 Å². The van der Waals surface area contributed by atoms with Crippen LogP contribution in [0.4, 0.5) is 4.39 Å². The first-order valence-electron chi connectivity index (χ1n) is 4.85. The van der Waals surface area contributed by atoms with Crippen molar-refractivity contribution in [3.63, 3.8) is 0 Å². The van der Waals surface area contributed by atoms with Gasteiger partial charge in [0.05, 0.1) is 5.02 Å². The number of halogens is 3. The van der Waals surface area contributed by atoms with E-state index in [1.165, 1.54) is 0 Å². The van der Waals surface area contributed by atoms with Crippen LogP contribution in [0, 0.1) is 11.7 Å². The van der Waals surface area contributed by atoms with Crippen LogP contribution in [0.25, 0.3) is 0 Å². The number of rotatable bonds is 4. The van der Waals surface area contributed by atoms with Gasteiger partial charge in [0.1, 0.15) is 5.82 Å². The molecule has 0 atom stereocenters. The second kappa shape index (κ2) is 5.83. The van der Waals surface area contributed by atoms with E-state index in [0.29, 0.717) is 22.5 Å². The molecule has 0 aliphatic carbocycles. The topological polar surface area (TPSA) is 12.0 Å². The Kier molecular flexibility index (Phi) is 5.03. The van der Waals surface area contributed by atoms with Gasteiger partial charge in [-0.3, -0.25) is 0 Å². The van der Waals surface area contributed by atoms with Gasteiger partial charge in [0.25, 0.3) is 0 Å². The van der Waals surface area contributed by atoms with Gasteiger partial charge >= 0.3 is 0 Å². The van der Waals surface area contributed by atoms with E-state index in [9.17, 15) is 4.39 Å². The highest BCUT2D eigenvalue weighted by Gasteiger charge is 2.09. The van der Waals surface area contributed by atoms with E-state index in [1.54, 1.807) is 12.1 Å². The summed E-state index contributed by atoms with van der Waals surface area (Å²) >= 11 is 8.95. The van der Waals surface area contributed by atoms with Crippen LogP contribution in [0.15, 0.2) is 16.6 Å². The molecule has 0 saturated carbocycles. The maximum atomic E-state index is 13.6. The lowest BCUT2D eigenvalue weighted by Gasteiger charge is -2.09. The van der Waals surface area contributed by atoms with E-state index < -0.39 is 0 Å². The van der Waals surface area contributed by atoms with Gasteiger partial charge in [0.15, 0.2) is 0 Å². The SMILES string of the molecule is CC(C)CNCc1ccc(Br)c(Cl)c1F. The minimum Gasteiger partial charge on any atom is -0.312 e. The molecule has 0 amide bonds. The van der Waals surface area contributed by atoms with Gasteiger partial charge in [-0.2, -0.15) is 0 Å². The summed E-state index contributed by atoms with van der Waals surface area (Å²) in [4.78, 5) is 0. The largest absolute Gasteiger partial charge is 0.312 e. The first-order valence-corrected chi connectivity index (χ1v) is 6.02. The Morgan fingerprint density at radius 3 is 2.73 bits per heavy atom. The maximum Gasteiger partial charge on any atom is 0.147 e. The first kappa shape index (κ1) is 12.9. The minimum atomic E-state index is -0.345. The molecule has 0 unspecified atom stereocenters. The van der Waals surface area contributed by atoms with Crippen LogP contribution in [0.2, 0.25) is 5.02 Å². The average molecular weight is 295 g/mol. The maximum absolute atomic E-state index is 13.6. The van der Waals surface area contributed by atoms with E-state index in [-0.39, 0.29) is 10.8 Å². The lowest BCUT2D eigenvalue weighted by Crippen LogP contribution is -2.19. The summed E-state index contributed by atoms with van der Waals surface area (Å²) in [6.45, 7) is 5.60. The summed E-state index contributed by atoms with van der Waals surface area (Å²) in [5, 5.41) is 3.33. The Bertz CT molecular complexity index is 342. The Balaban J connectivity index is 2.66. The third-order valence-corrected chi connectivity index (χ3v) is 3.24. The van der Waals surface area contributed by atoms with Crippen molar-refractivity contribution in [3.05, 3.63) is 33.0 Å². The normalized spacial score (nSPS) is 11.1. The van der Waals surface area contributed by atoms with Crippen LogP contribution in [0.5, 0.6) is 0 Å². The molecule has 0 heterocycles. The Hall–Kier alpha value is -0.120. The molecule has 0 radical (unpaired) electrons. The fraction of sp³-hybridized carbons (Fsp3) is 0.455. The van der Waals surface area contributed by atoms with Crippen molar-refractivity contribution in [3.8, 4) is 0 Å². The highest BCUT2D eigenvalue weighted by molar-refractivity contribution is 9.10. The van der Waals surface area contributed by atoms with E-state index in [0.717, 1.165) is 6.54 Å². The quantitative estimate of drug-likeness (QED) is 0.828. The lowest BCUT2D eigenvalue weighted by molar-refractivity contribution is 0.535. The first-order chi connectivity index (χ1) is 7.02. The fourth-order valence-corrected chi connectivity index (χ4v) is 1.69. The summed E-state index contributed by atoms with van der Waals surface area (Å²) in [6.07, 6.45) is 0. The fourth-order valence-electron chi connectivity index (χ4n) is 1.20. The number of nitrogens with one attached hydrogen (secondary N) is 1. The van der Waals surface area contributed by atoms with Gasteiger partial charge in [-0.05, 0) is 34.5 Å². The molecule has 1 aromatic carbocycles. The van der Waals surface area contributed by atoms with Gasteiger partial charge in [-0.15, -0.1) is 0 Å². The van der Waals surface area contributed by atoms with Gasteiger partial charge in [-0.25, -0.2) is 4.39 Å². The van der Waals surface area contributed by atoms with Gasteiger partial charge in [0, 0.05) is 16.6 Å². The molecule has 1 nitrogen and oxygen atoms in total. The van der Waals surface area contributed by atoms with Crippen molar-refractivity contribution < 1.29 is 4.39 Å². The second-order valence-corrected chi connectivity index (χ2v) is 5.09. The summed E-state index contributed by atoms with van der Waals surface area (Å²) < 4.78 is 14.2. The summed E-state index contributed by atoms with van der Waals surface area (Å²) in [6, 6.07) is 3.50. The van der Waals surface area contributed by atoms with Crippen molar-refractivity contribution in [2.45, 2.75) is 20.4 Å². The molecule has 0 aliphatic heterocycles. The van der Waals surface area contributed by atoms with Gasteiger partial charge < -0.3 is 5.32 Å². The zero-order valence-electron chi connectivity index (χ0n) is 8.78. The third-order valence-electron chi connectivity index (χ3n) is 1.98. The molecule has 0 saturated heterocycles.